The normalized spacial score (nSPS) is 20.3. The van der Waals surface area contributed by atoms with Crippen LogP contribution in [0, 0.1) is 11.7 Å². The van der Waals surface area contributed by atoms with Crippen LogP contribution in [0.2, 0.25) is 0 Å². The fraction of sp³-hybridized carbons (Fsp3) is 0.571. The van der Waals surface area contributed by atoms with Crippen LogP contribution in [0.25, 0.3) is 0 Å². The van der Waals surface area contributed by atoms with E-state index in [-0.39, 0.29) is 12.4 Å². The second kappa shape index (κ2) is 6.16. The maximum Gasteiger partial charge on any atom is 0.169 e. The van der Waals surface area contributed by atoms with Crippen molar-refractivity contribution in [3.8, 4) is 5.75 Å². The van der Waals surface area contributed by atoms with Crippen LogP contribution in [0.5, 0.6) is 5.75 Å². The SMILES string of the molecule is COc1cccc(CN2CCC(CCO)C2)c1F. The first-order chi connectivity index (χ1) is 8.74. The zero-order chi connectivity index (χ0) is 13.0. The lowest BCUT2D eigenvalue weighted by atomic mass is 10.1. The van der Waals surface area contributed by atoms with E-state index in [1.165, 1.54) is 7.11 Å². The first-order valence-corrected chi connectivity index (χ1v) is 6.39. The summed E-state index contributed by atoms with van der Waals surface area (Å²) in [6, 6.07) is 5.26. The Morgan fingerprint density at radius 1 is 1.50 bits per heavy atom. The van der Waals surface area contributed by atoms with Crippen molar-refractivity contribution >= 4 is 0 Å². The molecule has 1 atom stereocenters. The molecule has 0 amide bonds. The number of hydrogen-bond acceptors (Lipinski definition) is 3. The third-order valence-corrected chi connectivity index (χ3v) is 3.56. The lowest BCUT2D eigenvalue weighted by molar-refractivity contribution is 0.248. The van der Waals surface area contributed by atoms with Crippen molar-refractivity contribution in [2.45, 2.75) is 19.4 Å². The Bertz CT molecular complexity index is 397. The van der Waals surface area contributed by atoms with Gasteiger partial charge in [-0.3, -0.25) is 4.90 Å². The standard InChI is InChI=1S/C14H20FNO2/c1-18-13-4-2-3-12(14(13)15)10-16-7-5-11(9-16)6-8-17/h2-4,11,17H,5-10H2,1H3. The minimum absolute atomic E-state index is 0.242. The molecule has 1 fully saturated rings. The quantitative estimate of drug-likeness (QED) is 0.871. The summed E-state index contributed by atoms with van der Waals surface area (Å²) in [5.41, 5.74) is 0.680. The first-order valence-electron chi connectivity index (χ1n) is 6.39. The fourth-order valence-corrected chi connectivity index (χ4v) is 2.55. The molecule has 0 aromatic heterocycles. The van der Waals surface area contributed by atoms with Crippen LogP contribution in [0.1, 0.15) is 18.4 Å². The molecule has 1 aromatic carbocycles. The molecule has 0 spiro atoms. The molecule has 1 saturated heterocycles. The average Bonchev–Trinajstić information content (AvgIpc) is 2.80. The Labute approximate surface area is 107 Å². The average molecular weight is 253 g/mol. The van der Waals surface area contributed by atoms with Crippen molar-refractivity contribution in [2.24, 2.45) is 5.92 Å². The maximum absolute atomic E-state index is 14.0. The molecule has 2 rings (SSSR count). The van der Waals surface area contributed by atoms with Crippen LogP contribution in [-0.2, 0) is 6.54 Å². The van der Waals surface area contributed by atoms with Crippen molar-refractivity contribution in [3.63, 3.8) is 0 Å². The molecule has 1 aliphatic rings. The second-order valence-corrected chi connectivity index (χ2v) is 4.84. The van der Waals surface area contributed by atoms with Crippen LogP contribution in [0.15, 0.2) is 18.2 Å². The van der Waals surface area contributed by atoms with E-state index in [1.54, 1.807) is 12.1 Å². The van der Waals surface area contributed by atoms with Gasteiger partial charge in [0, 0.05) is 25.3 Å². The van der Waals surface area contributed by atoms with Crippen molar-refractivity contribution in [1.29, 1.82) is 0 Å². The second-order valence-electron chi connectivity index (χ2n) is 4.84. The largest absolute Gasteiger partial charge is 0.494 e. The van der Waals surface area contributed by atoms with Gasteiger partial charge in [-0.15, -0.1) is 0 Å². The summed E-state index contributed by atoms with van der Waals surface area (Å²) < 4.78 is 19.0. The van der Waals surface area contributed by atoms with E-state index in [0.717, 1.165) is 25.9 Å². The van der Waals surface area contributed by atoms with Crippen LogP contribution in [-0.4, -0.2) is 36.8 Å². The number of methoxy groups -OCH3 is 1. The predicted molar refractivity (Wildman–Crippen MR) is 68.0 cm³/mol. The molecule has 1 aliphatic heterocycles. The summed E-state index contributed by atoms with van der Waals surface area (Å²) in [7, 11) is 1.48. The molecule has 0 radical (unpaired) electrons. The van der Waals surface area contributed by atoms with Crippen LogP contribution in [0.3, 0.4) is 0 Å². The number of likely N-dealkylation sites (tertiary alicyclic amines) is 1. The van der Waals surface area contributed by atoms with Gasteiger partial charge in [0.25, 0.3) is 0 Å². The molecule has 3 nitrogen and oxygen atoms in total. The van der Waals surface area contributed by atoms with E-state index in [1.807, 2.05) is 6.07 Å². The predicted octanol–water partition coefficient (Wildman–Crippen LogP) is 2.04. The fourth-order valence-electron chi connectivity index (χ4n) is 2.55. The number of aliphatic hydroxyl groups is 1. The van der Waals surface area contributed by atoms with Crippen molar-refractivity contribution in [3.05, 3.63) is 29.6 Å². The van der Waals surface area contributed by atoms with Crippen molar-refractivity contribution in [2.75, 3.05) is 26.8 Å². The van der Waals surface area contributed by atoms with E-state index in [2.05, 4.69) is 4.90 Å². The van der Waals surface area contributed by atoms with Gasteiger partial charge in [-0.05, 0) is 31.4 Å². The van der Waals surface area contributed by atoms with E-state index in [0.29, 0.717) is 23.8 Å². The third-order valence-electron chi connectivity index (χ3n) is 3.56. The van der Waals surface area contributed by atoms with Gasteiger partial charge >= 0.3 is 0 Å². The van der Waals surface area contributed by atoms with E-state index in [9.17, 15) is 4.39 Å². The summed E-state index contributed by atoms with van der Waals surface area (Å²) in [6.45, 7) is 2.77. The highest BCUT2D eigenvalue weighted by molar-refractivity contribution is 5.31. The smallest absolute Gasteiger partial charge is 0.169 e. The third kappa shape index (κ3) is 3.00. The molecule has 0 aliphatic carbocycles. The van der Waals surface area contributed by atoms with Gasteiger partial charge in [0.2, 0.25) is 0 Å². The highest BCUT2D eigenvalue weighted by Gasteiger charge is 2.23. The van der Waals surface area contributed by atoms with Gasteiger partial charge in [0.05, 0.1) is 7.11 Å². The highest BCUT2D eigenvalue weighted by atomic mass is 19.1. The van der Waals surface area contributed by atoms with Crippen LogP contribution in [0.4, 0.5) is 4.39 Å². The number of aliphatic hydroxyl groups excluding tert-OH is 1. The van der Waals surface area contributed by atoms with Gasteiger partial charge in [-0.1, -0.05) is 12.1 Å². The molecule has 100 valence electrons. The summed E-state index contributed by atoms with van der Waals surface area (Å²) in [5.74, 6) is 0.591. The van der Waals surface area contributed by atoms with E-state index >= 15 is 0 Å². The Morgan fingerprint density at radius 3 is 3.06 bits per heavy atom. The number of ether oxygens (including phenoxy) is 1. The first kappa shape index (κ1) is 13.3. The summed E-state index contributed by atoms with van der Waals surface area (Å²) in [6.07, 6.45) is 1.93. The molecule has 0 bridgehead atoms. The zero-order valence-electron chi connectivity index (χ0n) is 10.7. The summed E-state index contributed by atoms with van der Waals surface area (Å²) in [4.78, 5) is 2.23. The minimum Gasteiger partial charge on any atom is -0.494 e. The molecule has 18 heavy (non-hydrogen) atoms. The van der Waals surface area contributed by atoms with Gasteiger partial charge in [-0.25, -0.2) is 4.39 Å². The van der Waals surface area contributed by atoms with Gasteiger partial charge in [0.15, 0.2) is 11.6 Å². The number of halogens is 1. The molecule has 1 aromatic rings. The lowest BCUT2D eigenvalue weighted by Gasteiger charge is -2.17. The van der Waals surface area contributed by atoms with E-state index in [4.69, 9.17) is 9.84 Å². The number of hydrogen-bond donors (Lipinski definition) is 1. The molecule has 0 saturated carbocycles. The van der Waals surface area contributed by atoms with Crippen LogP contribution >= 0.6 is 0 Å². The number of nitrogens with zero attached hydrogens (tertiary/aromatic N) is 1. The Balaban J connectivity index is 1.98. The molecule has 1 N–H and O–H groups in total. The van der Waals surface area contributed by atoms with Gasteiger partial charge in [0.1, 0.15) is 0 Å². The summed E-state index contributed by atoms with van der Waals surface area (Å²) >= 11 is 0. The highest BCUT2D eigenvalue weighted by Crippen LogP contribution is 2.25. The summed E-state index contributed by atoms with van der Waals surface area (Å²) in [5, 5.41) is 8.92. The van der Waals surface area contributed by atoms with Gasteiger partial charge in [-0.2, -0.15) is 0 Å². The number of benzene rings is 1. The lowest BCUT2D eigenvalue weighted by Crippen LogP contribution is -2.21. The molecule has 1 unspecified atom stereocenters. The van der Waals surface area contributed by atoms with Crippen molar-refractivity contribution < 1.29 is 14.2 Å². The Kier molecular flexibility index (Phi) is 4.55. The Hall–Kier alpha value is -1.13. The molecule has 4 heteroatoms. The van der Waals surface area contributed by atoms with Crippen molar-refractivity contribution in [1.82, 2.24) is 4.90 Å². The maximum atomic E-state index is 14.0. The number of rotatable bonds is 5. The zero-order valence-corrected chi connectivity index (χ0v) is 10.7. The minimum atomic E-state index is -0.259. The topological polar surface area (TPSA) is 32.7 Å². The van der Waals surface area contributed by atoms with Crippen LogP contribution < -0.4 is 4.74 Å². The molecular formula is C14H20FNO2. The Morgan fingerprint density at radius 2 is 2.33 bits per heavy atom. The van der Waals surface area contributed by atoms with Gasteiger partial charge < -0.3 is 9.84 Å². The van der Waals surface area contributed by atoms with E-state index < -0.39 is 0 Å². The monoisotopic (exact) mass is 253 g/mol. The molecular weight excluding hydrogens is 233 g/mol. The molecule has 1 heterocycles.